The van der Waals surface area contributed by atoms with Crippen LogP contribution in [-0.2, 0) is 11.2 Å². The fourth-order valence-electron chi connectivity index (χ4n) is 1.46. The highest BCUT2D eigenvalue weighted by molar-refractivity contribution is 7.98. The molecule has 94 valence electrons. The molecule has 0 aliphatic carbocycles. The predicted octanol–water partition coefficient (Wildman–Crippen LogP) is 3.57. The third-order valence-electron chi connectivity index (χ3n) is 2.68. The number of Topliss-reactive ketones (excluding diaryl/α,β-unsaturated/α-hetero) is 1. The van der Waals surface area contributed by atoms with Crippen LogP contribution in [0.2, 0.25) is 0 Å². The summed E-state index contributed by atoms with van der Waals surface area (Å²) in [5, 5.41) is 0. The van der Waals surface area contributed by atoms with Gasteiger partial charge in [-0.3, -0.25) is 4.79 Å². The zero-order chi connectivity index (χ0) is 13.1. The molecule has 3 heteroatoms. The lowest BCUT2D eigenvalue weighted by Crippen LogP contribution is -2.22. The van der Waals surface area contributed by atoms with Crippen LogP contribution in [0.1, 0.15) is 26.3 Å². The molecule has 0 atom stereocenters. The first-order valence-corrected chi connectivity index (χ1v) is 6.85. The van der Waals surface area contributed by atoms with E-state index in [0.717, 1.165) is 16.2 Å². The van der Waals surface area contributed by atoms with Crippen molar-refractivity contribution in [3.8, 4) is 5.75 Å². The van der Waals surface area contributed by atoms with Crippen LogP contribution in [-0.4, -0.2) is 19.1 Å². The van der Waals surface area contributed by atoms with Crippen molar-refractivity contribution in [3.05, 3.63) is 23.8 Å². The maximum Gasteiger partial charge on any atom is 0.142 e. The Hall–Kier alpha value is -0.960. The first-order valence-electron chi connectivity index (χ1n) is 5.62. The molecule has 2 nitrogen and oxygen atoms in total. The third kappa shape index (κ3) is 3.77. The summed E-state index contributed by atoms with van der Waals surface area (Å²) in [5.41, 5.74) is 0.760. The van der Waals surface area contributed by atoms with Crippen LogP contribution in [0.3, 0.4) is 0 Å². The van der Waals surface area contributed by atoms with Gasteiger partial charge in [-0.2, -0.15) is 0 Å². The SMILES string of the molecule is COc1ccc(SC)c(CC(=O)C(C)(C)C)c1. The van der Waals surface area contributed by atoms with Crippen molar-refractivity contribution in [3.63, 3.8) is 0 Å². The molecule has 0 saturated heterocycles. The molecule has 0 aliphatic heterocycles. The van der Waals surface area contributed by atoms with Crippen molar-refractivity contribution >= 4 is 17.5 Å². The minimum atomic E-state index is -0.293. The number of rotatable bonds is 4. The lowest BCUT2D eigenvalue weighted by atomic mass is 9.87. The van der Waals surface area contributed by atoms with Crippen molar-refractivity contribution in [2.75, 3.05) is 13.4 Å². The Morgan fingerprint density at radius 2 is 2.00 bits per heavy atom. The fraction of sp³-hybridized carbons (Fsp3) is 0.500. The highest BCUT2D eigenvalue weighted by atomic mass is 32.2. The molecule has 0 heterocycles. The summed E-state index contributed by atoms with van der Waals surface area (Å²) in [6, 6.07) is 5.89. The van der Waals surface area contributed by atoms with E-state index in [0.29, 0.717) is 6.42 Å². The van der Waals surface area contributed by atoms with Gasteiger partial charge in [0.25, 0.3) is 0 Å². The summed E-state index contributed by atoms with van der Waals surface area (Å²) >= 11 is 1.66. The Morgan fingerprint density at radius 3 is 2.47 bits per heavy atom. The number of hydrogen-bond acceptors (Lipinski definition) is 3. The average molecular weight is 252 g/mol. The smallest absolute Gasteiger partial charge is 0.142 e. The number of carbonyl (C=O) groups is 1. The Labute approximate surface area is 108 Å². The number of ether oxygens (including phenoxy) is 1. The van der Waals surface area contributed by atoms with E-state index in [4.69, 9.17) is 4.74 Å². The van der Waals surface area contributed by atoms with E-state index in [2.05, 4.69) is 0 Å². The molecule has 1 aromatic carbocycles. The highest BCUT2D eigenvalue weighted by Gasteiger charge is 2.22. The number of methoxy groups -OCH3 is 1. The summed E-state index contributed by atoms with van der Waals surface area (Å²) in [5.74, 6) is 1.06. The molecule has 0 N–H and O–H groups in total. The Kier molecular flexibility index (Phi) is 4.63. The third-order valence-corrected chi connectivity index (χ3v) is 3.51. The van der Waals surface area contributed by atoms with E-state index < -0.39 is 0 Å². The topological polar surface area (TPSA) is 26.3 Å². The number of thioether (sulfide) groups is 1. The van der Waals surface area contributed by atoms with E-state index in [-0.39, 0.29) is 11.2 Å². The molecule has 1 aromatic rings. The van der Waals surface area contributed by atoms with Crippen LogP contribution in [0, 0.1) is 5.41 Å². The normalized spacial score (nSPS) is 11.4. The largest absolute Gasteiger partial charge is 0.497 e. The molecular formula is C14H20O2S. The maximum atomic E-state index is 12.1. The maximum absolute atomic E-state index is 12.1. The Morgan fingerprint density at radius 1 is 1.35 bits per heavy atom. The van der Waals surface area contributed by atoms with Gasteiger partial charge in [0, 0.05) is 16.7 Å². The predicted molar refractivity (Wildman–Crippen MR) is 72.9 cm³/mol. The van der Waals surface area contributed by atoms with Crippen molar-refractivity contribution in [2.45, 2.75) is 32.1 Å². The molecule has 0 aromatic heterocycles. The van der Waals surface area contributed by atoms with Crippen LogP contribution < -0.4 is 4.74 Å². The molecule has 0 saturated carbocycles. The van der Waals surface area contributed by atoms with Gasteiger partial charge in [0.15, 0.2) is 0 Å². The second-order valence-corrected chi connectivity index (χ2v) is 5.88. The fourth-order valence-corrected chi connectivity index (χ4v) is 2.06. The summed E-state index contributed by atoms with van der Waals surface area (Å²) in [4.78, 5) is 13.2. The highest BCUT2D eigenvalue weighted by Crippen LogP contribution is 2.27. The van der Waals surface area contributed by atoms with Gasteiger partial charge in [-0.25, -0.2) is 0 Å². The van der Waals surface area contributed by atoms with E-state index in [1.54, 1.807) is 18.9 Å². The first-order chi connectivity index (χ1) is 7.88. The van der Waals surface area contributed by atoms with E-state index in [1.807, 2.05) is 45.2 Å². The molecule has 1 rings (SSSR count). The molecule has 0 bridgehead atoms. The molecular weight excluding hydrogens is 232 g/mol. The van der Waals surface area contributed by atoms with Crippen molar-refractivity contribution < 1.29 is 9.53 Å². The van der Waals surface area contributed by atoms with Gasteiger partial charge in [-0.1, -0.05) is 20.8 Å². The summed E-state index contributed by atoms with van der Waals surface area (Å²) in [6.45, 7) is 5.86. The van der Waals surface area contributed by atoms with Gasteiger partial charge in [0.1, 0.15) is 11.5 Å². The Balaban J connectivity index is 2.99. The molecule has 17 heavy (non-hydrogen) atoms. The summed E-state index contributed by atoms with van der Waals surface area (Å²) in [7, 11) is 1.64. The van der Waals surface area contributed by atoms with Crippen LogP contribution in [0.25, 0.3) is 0 Å². The van der Waals surface area contributed by atoms with Crippen LogP contribution >= 0.6 is 11.8 Å². The molecule has 0 radical (unpaired) electrons. The number of carbonyl (C=O) groups excluding carboxylic acids is 1. The molecule has 0 aliphatic rings. The van der Waals surface area contributed by atoms with Crippen molar-refractivity contribution in [1.82, 2.24) is 0 Å². The van der Waals surface area contributed by atoms with Crippen LogP contribution in [0.15, 0.2) is 23.1 Å². The van der Waals surface area contributed by atoms with Gasteiger partial charge in [0.2, 0.25) is 0 Å². The molecule has 0 unspecified atom stereocenters. The van der Waals surface area contributed by atoms with Crippen LogP contribution in [0.4, 0.5) is 0 Å². The second-order valence-electron chi connectivity index (χ2n) is 5.03. The first kappa shape index (κ1) is 14.1. The minimum absolute atomic E-state index is 0.251. The lowest BCUT2D eigenvalue weighted by Gasteiger charge is -2.18. The van der Waals surface area contributed by atoms with Gasteiger partial charge in [-0.05, 0) is 30.0 Å². The van der Waals surface area contributed by atoms with E-state index in [1.165, 1.54) is 0 Å². The summed E-state index contributed by atoms with van der Waals surface area (Å²) < 4.78 is 5.20. The van der Waals surface area contributed by atoms with Gasteiger partial charge in [-0.15, -0.1) is 11.8 Å². The molecule has 0 fully saturated rings. The van der Waals surface area contributed by atoms with Gasteiger partial charge >= 0.3 is 0 Å². The quantitative estimate of drug-likeness (QED) is 0.766. The van der Waals surface area contributed by atoms with Gasteiger partial charge < -0.3 is 4.74 Å². The lowest BCUT2D eigenvalue weighted by molar-refractivity contribution is -0.125. The van der Waals surface area contributed by atoms with E-state index >= 15 is 0 Å². The van der Waals surface area contributed by atoms with E-state index in [9.17, 15) is 4.79 Å². The second kappa shape index (κ2) is 5.58. The molecule has 0 spiro atoms. The summed E-state index contributed by atoms with van der Waals surface area (Å²) in [6.07, 6.45) is 2.49. The number of benzene rings is 1. The molecule has 0 amide bonds. The average Bonchev–Trinajstić information content (AvgIpc) is 2.27. The number of ketones is 1. The monoisotopic (exact) mass is 252 g/mol. The van der Waals surface area contributed by atoms with Crippen molar-refractivity contribution in [2.24, 2.45) is 5.41 Å². The zero-order valence-corrected chi connectivity index (χ0v) is 12.0. The number of hydrogen-bond donors (Lipinski definition) is 0. The van der Waals surface area contributed by atoms with Gasteiger partial charge in [0.05, 0.1) is 7.11 Å². The van der Waals surface area contributed by atoms with Crippen LogP contribution in [0.5, 0.6) is 5.75 Å². The zero-order valence-electron chi connectivity index (χ0n) is 11.2. The van der Waals surface area contributed by atoms with Crippen molar-refractivity contribution in [1.29, 1.82) is 0 Å². The minimum Gasteiger partial charge on any atom is -0.497 e. The Bertz CT molecular complexity index is 405. The standard InChI is InChI=1S/C14H20O2S/c1-14(2,3)13(15)9-10-8-11(16-4)6-7-12(10)17-5/h6-8H,9H2,1-5H3.